The summed E-state index contributed by atoms with van der Waals surface area (Å²) < 4.78 is 27.1. The molecule has 0 atom stereocenters. The second-order valence-electron chi connectivity index (χ2n) is 3.17. The number of carbonyl (C=O) groups excluding carboxylic acids is 1. The van der Waals surface area contributed by atoms with Crippen molar-refractivity contribution >= 4 is 25.6 Å². The number of hydrogen-bond donors (Lipinski definition) is 0. The van der Waals surface area contributed by atoms with Crippen LogP contribution in [0.15, 0.2) is 15.4 Å². The number of aryl methyl sites for hydroxylation is 1. The van der Waals surface area contributed by atoms with E-state index < -0.39 is 15.0 Å². The zero-order chi connectivity index (χ0) is 11.8. The maximum absolute atomic E-state index is 11.4. The molecule has 1 aromatic rings. The van der Waals surface area contributed by atoms with Gasteiger partial charge in [-0.2, -0.15) is 0 Å². The van der Waals surface area contributed by atoms with Gasteiger partial charge in [0.25, 0.3) is 15.0 Å². The highest BCUT2D eigenvalue weighted by Crippen LogP contribution is 2.23. The highest BCUT2D eigenvalue weighted by Gasteiger charge is 2.22. The van der Waals surface area contributed by atoms with Crippen molar-refractivity contribution in [3.63, 3.8) is 0 Å². The third kappa shape index (κ3) is 2.51. The predicted octanol–water partition coefficient (Wildman–Crippen LogP) is 1.22. The fourth-order valence-electron chi connectivity index (χ4n) is 1.03. The zero-order valence-electron chi connectivity index (χ0n) is 8.44. The van der Waals surface area contributed by atoms with E-state index in [4.69, 9.17) is 15.1 Å². The van der Waals surface area contributed by atoms with Gasteiger partial charge in [-0.1, -0.05) is 0 Å². The minimum absolute atomic E-state index is 0.0447. The number of hydrogen-bond acceptors (Lipinski definition) is 4. The molecule has 0 aliphatic rings. The molecule has 1 rings (SSSR count). The lowest BCUT2D eigenvalue weighted by molar-refractivity contribution is 0.0795. The summed E-state index contributed by atoms with van der Waals surface area (Å²) >= 11 is 0. The normalized spacial score (nSPS) is 11.5. The van der Waals surface area contributed by atoms with Crippen molar-refractivity contribution in [1.82, 2.24) is 4.90 Å². The SMILES string of the molecule is Cc1oc(C(=O)N(C)C)cc1S(=O)(=O)Cl. The first-order chi connectivity index (χ1) is 6.73. The Bertz CT molecular complexity index is 489. The van der Waals surface area contributed by atoms with Crippen molar-refractivity contribution in [1.29, 1.82) is 0 Å². The summed E-state index contributed by atoms with van der Waals surface area (Å²) in [4.78, 5) is 12.5. The van der Waals surface area contributed by atoms with Crippen LogP contribution in [0.25, 0.3) is 0 Å². The molecule has 1 heterocycles. The molecule has 15 heavy (non-hydrogen) atoms. The first-order valence-corrected chi connectivity index (χ1v) is 6.31. The van der Waals surface area contributed by atoms with E-state index >= 15 is 0 Å². The Kier molecular flexibility index (Phi) is 3.11. The topological polar surface area (TPSA) is 67.6 Å². The third-order valence-corrected chi connectivity index (χ3v) is 3.18. The molecule has 84 valence electrons. The van der Waals surface area contributed by atoms with E-state index in [2.05, 4.69) is 0 Å². The van der Waals surface area contributed by atoms with Gasteiger partial charge in [0.05, 0.1) is 0 Å². The average Bonchev–Trinajstić information content (AvgIpc) is 2.44. The quantitative estimate of drug-likeness (QED) is 0.741. The number of rotatable bonds is 2. The van der Waals surface area contributed by atoms with Crippen LogP contribution in [0.4, 0.5) is 0 Å². The van der Waals surface area contributed by atoms with Gasteiger partial charge in [-0.15, -0.1) is 0 Å². The van der Waals surface area contributed by atoms with Gasteiger partial charge in [0.15, 0.2) is 5.76 Å². The van der Waals surface area contributed by atoms with Crippen molar-refractivity contribution in [2.75, 3.05) is 14.1 Å². The molecule has 0 bridgehead atoms. The molecule has 0 fully saturated rings. The van der Waals surface area contributed by atoms with Crippen LogP contribution in [0.3, 0.4) is 0 Å². The fraction of sp³-hybridized carbons (Fsp3) is 0.375. The molecule has 0 saturated carbocycles. The van der Waals surface area contributed by atoms with Gasteiger partial charge < -0.3 is 9.32 Å². The monoisotopic (exact) mass is 251 g/mol. The van der Waals surface area contributed by atoms with Crippen LogP contribution in [0.1, 0.15) is 16.3 Å². The average molecular weight is 252 g/mol. The maximum atomic E-state index is 11.4. The lowest BCUT2D eigenvalue weighted by Gasteiger charge is -2.06. The Morgan fingerprint density at radius 3 is 2.33 bits per heavy atom. The maximum Gasteiger partial charge on any atom is 0.289 e. The molecular weight excluding hydrogens is 242 g/mol. The Labute approximate surface area is 92.0 Å². The molecular formula is C8H10ClNO4S. The van der Waals surface area contributed by atoms with E-state index in [1.807, 2.05) is 0 Å². The van der Waals surface area contributed by atoms with E-state index in [0.717, 1.165) is 6.07 Å². The van der Waals surface area contributed by atoms with Crippen LogP contribution < -0.4 is 0 Å². The van der Waals surface area contributed by atoms with Crippen molar-refractivity contribution in [2.45, 2.75) is 11.8 Å². The predicted molar refractivity (Wildman–Crippen MR) is 54.5 cm³/mol. The number of furan rings is 1. The summed E-state index contributed by atoms with van der Waals surface area (Å²) in [6, 6.07) is 1.12. The molecule has 0 radical (unpaired) electrons. The standard InChI is InChI=1S/C8H10ClNO4S/c1-5-7(15(9,12)13)4-6(14-5)8(11)10(2)3/h4H,1-3H3. The van der Waals surface area contributed by atoms with Gasteiger partial charge in [-0.25, -0.2) is 8.42 Å². The van der Waals surface area contributed by atoms with Crippen LogP contribution in [0.5, 0.6) is 0 Å². The number of halogens is 1. The largest absolute Gasteiger partial charge is 0.455 e. The van der Waals surface area contributed by atoms with Crippen LogP contribution in [0, 0.1) is 6.92 Å². The lowest BCUT2D eigenvalue weighted by Crippen LogP contribution is -2.20. The summed E-state index contributed by atoms with van der Waals surface area (Å²) in [5, 5.41) is 0. The summed E-state index contributed by atoms with van der Waals surface area (Å²) in [5.74, 6) is -0.350. The number of amides is 1. The molecule has 5 nitrogen and oxygen atoms in total. The highest BCUT2D eigenvalue weighted by atomic mass is 35.7. The second-order valence-corrected chi connectivity index (χ2v) is 5.70. The number of nitrogens with zero attached hydrogens (tertiary/aromatic N) is 1. The summed E-state index contributed by atoms with van der Waals surface area (Å²) in [7, 11) is 4.36. The lowest BCUT2D eigenvalue weighted by atomic mass is 10.4. The number of carbonyl (C=O) groups is 1. The Hall–Kier alpha value is -1.01. The molecule has 0 aliphatic carbocycles. The van der Waals surface area contributed by atoms with E-state index in [-0.39, 0.29) is 16.4 Å². The molecule has 1 amide bonds. The van der Waals surface area contributed by atoms with Crippen molar-refractivity contribution in [2.24, 2.45) is 0 Å². The van der Waals surface area contributed by atoms with E-state index in [1.54, 1.807) is 0 Å². The molecule has 1 aromatic heterocycles. The van der Waals surface area contributed by atoms with Crippen LogP contribution in [-0.2, 0) is 9.05 Å². The molecule has 0 aliphatic heterocycles. The second kappa shape index (κ2) is 3.86. The van der Waals surface area contributed by atoms with Crippen molar-refractivity contribution in [3.8, 4) is 0 Å². The molecule has 7 heteroatoms. The van der Waals surface area contributed by atoms with Gasteiger partial charge >= 0.3 is 0 Å². The van der Waals surface area contributed by atoms with E-state index in [1.165, 1.54) is 25.9 Å². The summed E-state index contributed by atoms with van der Waals surface area (Å²) in [6.07, 6.45) is 0. The molecule has 0 N–H and O–H groups in total. The highest BCUT2D eigenvalue weighted by molar-refractivity contribution is 8.13. The van der Waals surface area contributed by atoms with Gasteiger partial charge in [-0.05, 0) is 6.92 Å². The van der Waals surface area contributed by atoms with E-state index in [9.17, 15) is 13.2 Å². The van der Waals surface area contributed by atoms with Gasteiger partial charge in [-0.3, -0.25) is 4.79 Å². The van der Waals surface area contributed by atoms with E-state index in [0.29, 0.717) is 0 Å². The molecule has 0 spiro atoms. The van der Waals surface area contributed by atoms with Crippen molar-refractivity contribution in [3.05, 3.63) is 17.6 Å². The Balaban J connectivity index is 3.24. The van der Waals surface area contributed by atoms with Gasteiger partial charge in [0.1, 0.15) is 10.7 Å². The smallest absolute Gasteiger partial charge is 0.289 e. The van der Waals surface area contributed by atoms with Crippen molar-refractivity contribution < 1.29 is 17.6 Å². The molecule has 0 unspecified atom stereocenters. The molecule has 0 aromatic carbocycles. The zero-order valence-corrected chi connectivity index (χ0v) is 10.0. The summed E-state index contributed by atoms with van der Waals surface area (Å²) in [5.41, 5.74) is 0. The molecule has 0 saturated heterocycles. The fourth-order valence-corrected chi connectivity index (χ4v) is 2.13. The minimum Gasteiger partial charge on any atom is -0.455 e. The third-order valence-electron chi connectivity index (χ3n) is 1.75. The van der Waals surface area contributed by atoms with Gasteiger partial charge in [0.2, 0.25) is 0 Å². The van der Waals surface area contributed by atoms with Gasteiger partial charge in [0, 0.05) is 30.8 Å². The van der Waals surface area contributed by atoms with Crippen LogP contribution in [0.2, 0.25) is 0 Å². The first kappa shape index (κ1) is 12.1. The van der Waals surface area contributed by atoms with Crippen LogP contribution >= 0.6 is 10.7 Å². The van der Waals surface area contributed by atoms with Crippen LogP contribution in [-0.4, -0.2) is 33.3 Å². The summed E-state index contributed by atoms with van der Waals surface area (Å²) in [6.45, 7) is 1.43. The minimum atomic E-state index is -3.86. The Morgan fingerprint density at radius 1 is 1.47 bits per heavy atom. The first-order valence-electron chi connectivity index (χ1n) is 4.00. The Morgan fingerprint density at radius 2 is 2.00 bits per heavy atom.